The van der Waals surface area contributed by atoms with E-state index >= 15 is 0 Å². The fraction of sp³-hybridized carbons (Fsp3) is 0.367. The van der Waals surface area contributed by atoms with Crippen molar-refractivity contribution in [2.45, 2.75) is 44.2 Å². The van der Waals surface area contributed by atoms with Gasteiger partial charge < -0.3 is 14.5 Å². The third-order valence-electron chi connectivity index (χ3n) is 8.64. The zero-order valence-corrected chi connectivity index (χ0v) is 21.8. The standard InChI is InChI=1S/C30H27F3N4O3/c1-36-23-14-18(28(38)39)8-9-21(23)27(34-36)37-12-10-29(11-13-37)15-19(16-29)24-25(35-40-26(24)17-6-7-17)20-4-2-3-5-22(20)30(31,32)33/h2-5,8-9,14-15,17H,6-7,10-13,16H2,1H3,(H,38,39). The second-order valence-electron chi connectivity index (χ2n) is 11.3. The highest BCUT2D eigenvalue weighted by Gasteiger charge is 2.45. The molecule has 0 radical (unpaired) electrons. The van der Waals surface area contributed by atoms with Crippen LogP contribution in [-0.4, -0.2) is 39.1 Å². The summed E-state index contributed by atoms with van der Waals surface area (Å²) >= 11 is 0. The second-order valence-corrected chi connectivity index (χ2v) is 11.3. The van der Waals surface area contributed by atoms with Crippen LogP contribution in [0, 0.1) is 5.41 Å². The molecule has 10 heteroatoms. The fourth-order valence-corrected chi connectivity index (χ4v) is 6.33. The molecule has 2 aromatic carbocycles. The molecular formula is C30H27F3N4O3. The summed E-state index contributed by atoms with van der Waals surface area (Å²) in [6, 6.07) is 10.6. The van der Waals surface area contributed by atoms with Crippen LogP contribution in [0.25, 0.3) is 27.7 Å². The molecule has 0 atom stereocenters. The van der Waals surface area contributed by atoms with Crippen molar-refractivity contribution in [3.05, 3.63) is 71.0 Å². The van der Waals surface area contributed by atoms with Gasteiger partial charge >= 0.3 is 12.1 Å². The lowest BCUT2D eigenvalue weighted by molar-refractivity contribution is -0.137. The first-order valence-corrected chi connectivity index (χ1v) is 13.5. The van der Waals surface area contributed by atoms with Crippen molar-refractivity contribution >= 4 is 28.3 Å². The van der Waals surface area contributed by atoms with Gasteiger partial charge in [-0.05, 0) is 67.4 Å². The number of aromatic nitrogens is 3. The normalized spacial score (nSPS) is 18.7. The van der Waals surface area contributed by atoms with Gasteiger partial charge in [0.2, 0.25) is 0 Å². The van der Waals surface area contributed by atoms with Gasteiger partial charge in [-0.25, -0.2) is 4.79 Å². The van der Waals surface area contributed by atoms with E-state index in [1.54, 1.807) is 22.9 Å². The number of fused-ring (bicyclic) bond motifs is 1. The molecule has 40 heavy (non-hydrogen) atoms. The van der Waals surface area contributed by atoms with E-state index in [1.165, 1.54) is 12.1 Å². The maximum Gasteiger partial charge on any atom is 0.417 e. The number of hydrogen-bond donors (Lipinski definition) is 1. The molecule has 0 bridgehead atoms. The fourth-order valence-electron chi connectivity index (χ4n) is 6.33. The zero-order valence-electron chi connectivity index (χ0n) is 21.8. The van der Waals surface area contributed by atoms with Crippen LogP contribution in [0.1, 0.15) is 65.3 Å². The smallest absolute Gasteiger partial charge is 0.417 e. The van der Waals surface area contributed by atoms with Gasteiger partial charge in [-0.15, -0.1) is 0 Å². The molecule has 2 fully saturated rings. The van der Waals surface area contributed by atoms with Crippen LogP contribution < -0.4 is 4.90 Å². The molecule has 4 aromatic rings. The first-order chi connectivity index (χ1) is 19.1. The van der Waals surface area contributed by atoms with Crippen molar-refractivity contribution in [2.24, 2.45) is 12.5 Å². The maximum atomic E-state index is 13.8. The van der Waals surface area contributed by atoms with Gasteiger partial charge in [-0.2, -0.15) is 18.3 Å². The topological polar surface area (TPSA) is 84.4 Å². The molecule has 0 amide bonds. The molecule has 1 N–H and O–H groups in total. The van der Waals surface area contributed by atoms with E-state index in [0.717, 1.165) is 79.1 Å². The number of piperidine rings is 1. The van der Waals surface area contributed by atoms with Crippen molar-refractivity contribution in [1.82, 2.24) is 14.9 Å². The number of carboxylic acids is 1. The minimum absolute atomic E-state index is 0.0220. The van der Waals surface area contributed by atoms with Gasteiger partial charge in [0.1, 0.15) is 11.5 Å². The van der Waals surface area contributed by atoms with Gasteiger partial charge in [-0.1, -0.05) is 29.4 Å². The largest absolute Gasteiger partial charge is 0.478 e. The Hall–Kier alpha value is -4.08. The monoisotopic (exact) mass is 548 g/mol. The third-order valence-corrected chi connectivity index (χ3v) is 8.64. The number of rotatable bonds is 5. The van der Waals surface area contributed by atoms with Crippen molar-refractivity contribution in [3.63, 3.8) is 0 Å². The van der Waals surface area contributed by atoms with Crippen LogP contribution in [0.2, 0.25) is 0 Å². The molecule has 3 heterocycles. The van der Waals surface area contributed by atoms with Crippen molar-refractivity contribution in [3.8, 4) is 11.3 Å². The number of carboxylic acid groups (broad SMARTS) is 1. The minimum Gasteiger partial charge on any atom is -0.478 e. The number of aromatic carboxylic acids is 1. The Morgan fingerprint density at radius 1 is 1.12 bits per heavy atom. The van der Waals surface area contributed by atoms with E-state index in [1.807, 2.05) is 13.1 Å². The Bertz CT molecular complexity index is 1690. The predicted molar refractivity (Wildman–Crippen MR) is 143 cm³/mol. The number of alkyl halides is 3. The number of carbonyl (C=O) groups is 1. The zero-order chi connectivity index (χ0) is 27.8. The number of allylic oxidation sites excluding steroid dienone is 2. The SMILES string of the molecule is Cn1nc(N2CCC3(C=C(c4c(-c5ccccc5C(F)(F)F)noc4C4CC4)C3)CC2)c2ccc(C(=O)O)cc21. The third kappa shape index (κ3) is 4.00. The van der Waals surface area contributed by atoms with Gasteiger partial charge in [0.25, 0.3) is 0 Å². The van der Waals surface area contributed by atoms with Gasteiger partial charge in [0, 0.05) is 42.6 Å². The Morgan fingerprint density at radius 2 is 1.85 bits per heavy atom. The van der Waals surface area contributed by atoms with Crippen molar-refractivity contribution < 1.29 is 27.6 Å². The Balaban J connectivity index is 1.16. The van der Waals surface area contributed by atoms with Crippen LogP contribution in [0.5, 0.6) is 0 Å². The van der Waals surface area contributed by atoms with Crippen LogP contribution >= 0.6 is 0 Å². The summed E-state index contributed by atoms with van der Waals surface area (Å²) < 4.78 is 49.0. The molecule has 3 aliphatic rings. The number of aryl methyl sites for hydroxylation is 1. The Kier molecular flexibility index (Phi) is 5.43. The van der Waals surface area contributed by atoms with Crippen LogP contribution in [0.3, 0.4) is 0 Å². The van der Waals surface area contributed by atoms with Gasteiger partial charge in [-0.3, -0.25) is 4.68 Å². The number of halogens is 3. The average molecular weight is 549 g/mol. The van der Waals surface area contributed by atoms with Crippen molar-refractivity contribution in [2.75, 3.05) is 18.0 Å². The summed E-state index contributed by atoms with van der Waals surface area (Å²) in [5, 5.41) is 19.1. The van der Waals surface area contributed by atoms with E-state index < -0.39 is 17.7 Å². The molecule has 2 aromatic heterocycles. The number of anilines is 1. The van der Waals surface area contributed by atoms with E-state index in [-0.39, 0.29) is 28.2 Å². The Labute approximate surface area is 227 Å². The maximum absolute atomic E-state index is 13.8. The summed E-state index contributed by atoms with van der Waals surface area (Å²) in [6.07, 6.45) is 2.22. The van der Waals surface area contributed by atoms with E-state index in [0.29, 0.717) is 5.76 Å². The minimum atomic E-state index is -4.49. The lowest BCUT2D eigenvalue weighted by Gasteiger charge is -2.46. The molecule has 1 spiro atoms. The first-order valence-electron chi connectivity index (χ1n) is 13.5. The van der Waals surface area contributed by atoms with Crippen molar-refractivity contribution in [1.29, 1.82) is 0 Å². The second kappa shape index (κ2) is 8.71. The highest BCUT2D eigenvalue weighted by Crippen LogP contribution is 2.56. The lowest BCUT2D eigenvalue weighted by atomic mass is 9.63. The molecule has 2 aliphatic carbocycles. The highest BCUT2D eigenvalue weighted by molar-refractivity contribution is 5.97. The van der Waals surface area contributed by atoms with Crippen LogP contribution in [0.4, 0.5) is 19.0 Å². The molecule has 1 saturated carbocycles. The van der Waals surface area contributed by atoms with Gasteiger partial charge in [0.05, 0.1) is 16.6 Å². The number of nitrogens with zero attached hydrogens (tertiary/aromatic N) is 4. The summed E-state index contributed by atoms with van der Waals surface area (Å²) in [5.74, 6) is 0.799. The van der Waals surface area contributed by atoms with Crippen LogP contribution in [0.15, 0.2) is 53.1 Å². The van der Waals surface area contributed by atoms with Crippen LogP contribution in [-0.2, 0) is 13.2 Å². The molecule has 1 saturated heterocycles. The first kappa shape index (κ1) is 24.9. The summed E-state index contributed by atoms with van der Waals surface area (Å²) in [6.45, 7) is 1.55. The van der Waals surface area contributed by atoms with Gasteiger partial charge in [0.15, 0.2) is 5.82 Å². The molecular weight excluding hydrogens is 521 g/mol. The quantitative estimate of drug-likeness (QED) is 0.292. The molecule has 1 aliphatic heterocycles. The summed E-state index contributed by atoms with van der Waals surface area (Å²) in [7, 11) is 1.81. The highest BCUT2D eigenvalue weighted by atomic mass is 19.4. The molecule has 0 unspecified atom stereocenters. The summed E-state index contributed by atoms with van der Waals surface area (Å²) in [5.41, 5.74) is 2.39. The van der Waals surface area contributed by atoms with E-state index in [9.17, 15) is 23.1 Å². The van der Waals surface area contributed by atoms with E-state index in [4.69, 9.17) is 9.62 Å². The molecule has 7 nitrogen and oxygen atoms in total. The predicted octanol–water partition coefficient (Wildman–Crippen LogP) is 6.90. The molecule has 7 rings (SSSR count). The number of hydrogen-bond acceptors (Lipinski definition) is 5. The lowest BCUT2D eigenvalue weighted by Crippen LogP contribution is -2.42. The summed E-state index contributed by atoms with van der Waals surface area (Å²) in [4.78, 5) is 13.6. The number of benzene rings is 2. The van der Waals surface area contributed by atoms with E-state index in [2.05, 4.69) is 16.1 Å². The Morgan fingerprint density at radius 3 is 2.52 bits per heavy atom. The average Bonchev–Trinajstić information content (AvgIpc) is 3.59. The molecule has 206 valence electrons.